The normalized spacial score (nSPS) is 26.9. The van der Waals surface area contributed by atoms with Gasteiger partial charge in [0, 0.05) is 11.6 Å². The summed E-state index contributed by atoms with van der Waals surface area (Å²) in [6.45, 7) is 0.202. The zero-order valence-electron chi connectivity index (χ0n) is 12.4. The van der Waals surface area contributed by atoms with Crippen LogP contribution in [-0.2, 0) is 19.3 Å². The second kappa shape index (κ2) is 6.70. The van der Waals surface area contributed by atoms with Gasteiger partial charge in [-0.05, 0) is 23.8 Å². The third-order valence-electron chi connectivity index (χ3n) is 3.60. The van der Waals surface area contributed by atoms with E-state index in [2.05, 4.69) is 20.7 Å². The Labute approximate surface area is 144 Å². The summed E-state index contributed by atoms with van der Waals surface area (Å²) in [6, 6.07) is 13.8. The number of fused-ring (bicyclic) bond motifs is 1. The molecule has 1 heterocycles. The lowest BCUT2D eigenvalue weighted by Crippen LogP contribution is -2.44. The van der Waals surface area contributed by atoms with Gasteiger partial charge in [-0.2, -0.15) is 0 Å². The molecule has 0 saturated heterocycles. The third-order valence-corrected chi connectivity index (χ3v) is 5.62. The highest BCUT2D eigenvalue weighted by molar-refractivity contribution is 9.10. The molecule has 2 aromatic rings. The predicted octanol–water partition coefficient (Wildman–Crippen LogP) is 3.09. The Bertz CT molecular complexity index is 740. The highest BCUT2D eigenvalue weighted by Gasteiger charge is 2.39. The molecule has 0 aliphatic carbocycles. The van der Waals surface area contributed by atoms with E-state index in [1.54, 1.807) is 12.1 Å². The van der Waals surface area contributed by atoms with Gasteiger partial charge in [0.1, 0.15) is 12.1 Å². The number of methoxy groups -OCH3 is 1. The molecule has 1 N–H and O–H groups in total. The predicted molar refractivity (Wildman–Crippen MR) is 89.8 cm³/mol. The van der Waals surface area contributed by atoms with E-state index in [4.69, 9.17) is 9.47 Å². The van der Waals surface area contributed by atoms with Crippen LogP contribution in [0, 0.1) is 0 Å². The molecule has 2 aromatic carbocycles. The first-order chi connectivity index (χ1) is 11.0. The number of ether oxygens (including phenoxy) is 2. The third kappa shape index (κ3) is 3.49. The SMILES string of the molecule is COC[C@@H]1N[S+](=O)([O-])c2ccc(Br)cc2O[C@@H]1c1ccccc1. The van der Waals surface area contributed by atoms with Crippen molar-refractivity contribution in [1.82, 2.24) is 4.72 Å². The van der Waals surface area contributed by atoms with Crippen LogP contribution in [-0.4, -0.2) is 24.3 Å². The Morgan fingerprint density at radius 1 is 1.30 bits per heavy atom. The second-order valence-electron chi connectivity index (χ2n) is 5.22. The number of hydrogen-bond donors (Lipinski definition) is 1. The molecule has 7 heteroatoms. The lowest BCUT2D eigenvalue weighted by atomic mass is 10.0. The molecule has 0 fully saturated rings. The Balaban J connectivity index is 2.10. The van der Waals surface area contributed by atoms with Crippen LogP contribution >= 0.6 is 15.9 Å². The summed E-state index contributed by atoms with van der Waals surface area (Å²) < 4.78 is 39.9. The van der Waals surface area contributed by atoms with Crippen molar-refractivity contribution >= 4 is 26.3 Å². The van der Waals surface area contributed by atoms with Crippen LogP contribution in [0.2, 0.25) is 0 Å². The van der Waals surface area contributed by atoms with Gasteiger partial charge in [-0.15, -0.1) is 4.72 Å². The highest BCUT2D eigenvalue weighted by atomic mass is 79.9. The molecule has 1 aliphatic heterocycles. The minimum Gasteiger partial charge on any atom is -0.593 e. The Morgan fingerprint density at radius 2 is 2.04 bits per heavy atom. The molecule has 3 atom stereocenters. The molecular weight excluding hydrogens is 382 g/mol. The first kappa shape index (κ1) is 16.6. The lowest BCUT2D eigenvalue weighted by Gasteiger charge is -2.25. The van der Waals surface area contributed by atoms with Gasteiger partial charge in [-0.25, -0.2) is 0 Å². The van der Waals surface area contributed by atoms with Crippen molar-refractivity contribution in [2.45, 2.75) is 17.0 Å². The minimum atomic E-state index is -3.68. The largest absolute Gasteiger partial charge is 0.593 e. The molecule has 0 saturated carbocycles. The summed E-state index contributed by atoms with van der Waals surface area (Å²) in [6.07, 6.45) is -0.485. The van der Waals surface area contributed by atoms with Crippen LogP contribution in [0.5, 0.6) is 5.75 Å². The maximum atomic E-state index is 12.6. The van der Waals surface area contributed by atoms with Crippen molar-refractivity contribution in [3.05, 3.63) is 58.6 Å². The molecule has 0 aromatic heterocycles. The molecule has 0 spiro atoms. The van der Waals surface area contributed by atoms with Crippen LogP contribution < -0.4 is 9.46 Å². The summed E-state index contributed by atoms with van der Waals surface area (Å²) in [5, 5.41) is 0. The van der Waals surface area contributed by atoms with E-state index in [9.17, 15) is 8.76 Å². The maximum Gasteiger partial charge on any atom is 0.216 e. The topological polar surface area (TPSA) is 70.6 Å². The molecule has 1 unspecified atom stereocenters. The Morgan fingerprint density at radius 3 is 2.74 bits per heavy atom. The Hall–Kier alpha value is -1.25. The molecular formula is C16H16BrNO4S. The van der Waals surface area contributed by atoms with Crippen LogP contribution in [0.4, 0.5) is 0 Å². The van der Waals surface area contributed by atoms with Crippen LogP contribution in [0.15, 0.2) is 57.9 Å². The maximum absolute atomic E-state index is 12.6. The van der Waals surface area contributed by atoms with E-state index in [0.29, 0.717) is 5.75 Å². The molecule has 23 heavy (non-hydrogen) atoms. The molecule has 0 radical (unpaired) electrons. The van der Waals surface area contributed by atoms with E-state index in [-0.39, 0.29) is 11.5 Å². The van der Waals surface area contributed by atoms with E-state index in [0.717, 1.165) is 10.0 Å². The summed E-state index contributed by atoms with van der Waals surface area (Å²) >= 11 is 3.36. The number of sulfonamides is 1. The van der Waals surface area contributed by atoms with Gasteiger partial charge in [0.25, 0.3) is 0 Å². The molecule has 1 aliphatic rings. The van der Waals surface area contributed by atoms with Gasteiger partial charge in [-0.1, -0.05) is 50.5 Å². The second-order valence-corrected chi connectivity index (χ2v) is 7.82. The summed E-state index contributed by atoms with van der Waals surface area (Å²) in [5.41, 5.74) is 0.880. The van der Waals surface area contributed by atoms with Gasteiger partial charge in [-0.3, -0.25) is 0 Å². The highest BCUT2D eigenvalue weighted by Crippen LogP contribution is 2.37. The fraction of sp³-hybridized carbons (Fsp3) is 0.250. The van der Waals surface area contributed by atoms with Crippen LogP contribution in [0.25, 0.3) is 0 Å². The van der Waals surface area contributed by atoms with Crippen molar-refractivity contribution in [2.75, 3.05) is 13.7 Å². The molecule has 122 valence electrons. The molecule has 0 bridgehead atoms. The minimum absolute atomic E-state index is 0.125. The van der Waals surface area contributed by atoms with Crippen LogP contribution in [0.1, 0.15) is 11.7 Å². The van der Waals surface area contributed by atoms with E-state index >= 15 is 0 Å². The van der Waals surface area contributed by atoms with Crippen LogP contribution in [0.3, 0.4) is 0 Å². The van der Waals surface area contributed by atoms with Crippen molar-refractivity contribution in [2.24, 2.45) is 0 Å². The first-order valence-corrected chi connectivity index (χ1v) is 9.31. The van der Waals surface area contributed by atoms with Gasteiger partial charge in [0.05, 0.1) is 6.61 Å². The fourth-order valence-electron chi connectivity index (χ4n) is 2.58. The quantitative estimate of drug-likeness (QED) is 0.807. The van der Waals surface area contributed by atoms with Gasteiger partial charge < -0.3 is 14.0 Å². The Kier molecular flexibility index (Phi) is 4.84. The van der Waals surface area contributed by atoms with Crippen molar-refractivity contribution in [1.29, 1.82) is 0 Å². The summed E-state index contributed by atoms with van der Waals surface area (Å²) in [7, 11) is -2.15. The molecule has 0 amide bonds. The van der Waals surface area contributed by atoms with E-state index in [1.165, 1.54) is 13.2 Å². The van der Waals surface area contributed by atoms with Crippen molar-refractivity contribution < 1.29 is 18.2 Å². The van der Waals surface area contributed by atoms with Gasteiger partial charge >= 0.3 is 0 Å². The lowest BCUT2D eigenvalue weighted by molar-refractivity contribution is 0.0963. The standard InChI is InChI=1S/C16H16BrNO4S/c1-21-10-13-16(11-5-3-2-4-6-11)22-14-9-12(17)7-8-15(14)23(19,20)18-13/h2-9,13,16H,10H2,1H3,(H-,18,19,20)/t13-,16+/m0/s1. The van der Waals surface area contributed by atoms with Crippen molar-refractivity contribution in [3.63, 3.8) is 0 Å². The molecule has 3 rings (SSSR count). The smallest absolute Gasteiger partial charge is 0.216 e. The average Bonchev–Trinajstić information content (AvgIpc) is 2.62. The van der Waals surface area contributed by atoms with Crippen molar-refractivity contribution in [3.8, 4) is 5.75 Å². The van der Waals surface area contributed by atoms with E-state index < -0.39 is 22.5 Å². The average molecular weight is 398 g/mol. The number of benzene rings is 2. The zero-order chi connectivity index (χ0) is 16.4. The number of halogens is 1. The zero-order valence-corrected chi connectivity index (χ0v) is 14.8. The number of hydrogen-bond acceptors (Lipinski definition) is 4. The monoisotopic (exact) mass is 397 g/mol. The summed E-state index contributed by atoms with van der Waals surface area (Å²) in [5.74, 6) is 0.319. The first-order valence-electron chi connectivity index (χ1n) is 7.03. The number of rotatable bonds is 3. The number of nitrogens with one attached hydrogen (secondary N) is 1. The fourth-order valence-corrected chi connectivity index (χ4v) is 4.26. The molecule has 5 nitrogen and oxygen atoms in total. The van der Waals surface area contributed by atoms with Gasteiger partial charge in [0.2, 0.25) is 4.90 Å². The van der Waals surface area contributed by atoms with E-state index in [1.807, 2.05) is 30.3 Å². The summed E-state index contributed by atoms with van der Waals surface area (Å²) in [4.78, 5) is 0.125. The van der Waals surface area contributed by atoms with Gasteiger partial charge in [0.15, 0.2) is 16.1 Å².